The fourth-order valence-electron chi connectivity index (χ4n) is 0.619. The van der Waals surface area contributed by atoms with Crippen molar-refractivity contribution in [2.45, 2.75) is 6.43 Å². The summed E-state index contributed by atoms with van der Waals surface area (Å²) in [7, 11) is 1.69. The van der Waals surface area contributed by atoms with E-state index in [1.807, 2.05) is 0 Å². The molecule has 0 saturated carbocycles. The summed E-state index contributed by atoms with van der Waals surface area (Å²) in [6.07, 6.45) is -0.821. The summed E-state index contributed by atoms with van der Waals surface area (Å²) in [6, 6.07) is 1.53. The van der Waals surface area contributed by atoms with Crippen LogP contribution in [0.1, 0.15) is 0 Å². The zero-order valence-corrected chi connectivity index (χ0v) is 12.1. The summed E-state index contributed by atoms with van der Waals surface area (Å²) < 4.78 is 29.2. The molecule has 0 aliphatic heterocycles. The standard InChI is InChI=1S/C6H8F2N2O.2CH3.K/c1-10-3-2-6(9-10)11-4-5(7)8;;;/h2-3,5H,4H2,1H3;2*1H3;/q;2*-1;+1. The van der Waals surface area contributed by atoms with Gasteiger partial charge in [-0.3, -0.25) is 4.68 Å². The minimum absolute atomic E-state index is 0. The maximum absolute atomic E-state index is 11.6. The van der Waals surface area contributed by atoms with Gasteiger partial charge < -0.3 is 19.6 Å². The number of aromatic nitrogens is 2. The molecule has 1 aromatic rings. The van der Waals surface area contributed by atoms with E-state index >= 15 is 0 Å². The van der Waals surface area contributed by atoms with Crippen LogP contribution in [0.3, 0.4) is 0 Å². The first-order chi connectivity index (χ1) is 5.18. The molecule has 0 bridgehead atoms. The first-order valence-electron chi connectivity index (χ1n) is 3.09. The van der Waals surface area contributed by atoms with E-state index in [9.17, 15) is 8.78 Å². The smallest absolute Gasteiger partial charge is 0.471 e. The third kappa shape index (κ3) is 7.87. The van der Waals surface area contributed by atoms with Crippen LogP contribution in [0.4, 0.5) is 8.78 Å². The van der Waals surface area contributed by atoms with Crippen LogP contribution >= 0.6 is 0 Å². The summed E-state index contributed by atoms with van der Waals surface area (Å²) >= 11 is 0. The van der Waals surface area contributed by atoms with Gasteiger partial charge in [-0.2, -0.15) is 0 Å². The predicted molar refractivity (Wildman–Crippen MR) is 47.5 cm³/mol. The molecule has 0 spiro atoms. The average Bonchev–Trinajstić information content (AvgIpc) is 2.31. The quantitative estimate of drug-likeness (QED) is 0.491. The third-order valence-corrected chi connectivity index (χ3v) is 1.05. The normalized spacial score (nSPS) is 8.29. The van der Waals surface area contributed by atoms with Crippen LogP contribution in [-0.4, -0.2) is 22.8 Å². The summed E-state index contributed by atoms with van der Waals surface area (Å²) in [5.41, 5.74) is 0. The second-order valence-corrected chi connectivity index (χ2v) is 2.03. The van der Waals surface area contributed by atoms with Gasteiger partial charge in [0.2, 0.25) is 5.88 Å². The van der Waals surface area contributed by atoms with Crippen molar-refractivity contribution in [2.75, 3.05) is 6.61 Å². The zero-order chi connectivity index (χ0) is 8.27. The molecule has 0 unspecified atom stereocenters. The summed E-state index contributed by atoms with van der Waals surface area (Å²) in [5, 5.41) is 3.74. The second kappa shape index (κ2) is 10.0. The number of ether oxygens (including phenoxy) is 1. The van der Waals surface area contributed by atoms with Gasteiger partial charge in [0.05, 0.1) is 0 Å². The van der Waals surface area contributed by atoms with E-state index in [0.29, 0.717) is 0 Å². The Balaban J connectivity index is -0.000000403. The number of hydrogen-bond acceptors (Lipinski definition) is 2. The topological polar surface area (TPSA) is 27.1 Å². The Morgan fingerprint density at radius 3 is 2.43 bits per heavy atom. The van der Waals surface area contributed by atoms with Crippen molar-refractivity contribution in [3.63, 3.8) is 0 Å². The largest absolute Gasteiger partial charge is 1.00 e. The Morgan fingerprint density at radius 2 is 2.07 bits per heavy atom. The van der Waals surface area contributed by atoms with E-state index < -0.39 is 13.0 Å². The van der Waals surface area contributed by atoms with Crippen molar-refractivity contribution in [3.8, 4) is 5.88 Å². The fourth-order valence-corrected chi connectivity index (χ4v) is 0.619. The molecule has 78 valence electrons. The molecule has 0 saturated heterocycles. The number of alkyl halides is 2. The molecule has 0 atom stereocenters. The number of hydrogen-bond donors (Lipinski definition) is 0. The van der Waals surface area contributed by atoms with Crippen LogP contribution in [0.5, 0.6) is 5.88 Å². The minimum Gasteiger partial charge on any atom is -0.471 e. The maximum Gasteiger partial charge on any atom is 1.00 e. The Bertz CT molecular complexity index is 231. The van der Waals surface area contributed by atoms with Gasteiger partial charge in [-0.1, -0.05) is 0 Å². The van der Waals surface area contributed by atoms with Gasteiger partial charge in [0.25, 0.3) is 6.43 Å². The SMILES string of the molecule is Cn1ccc(OCC(F)F)n1.[CH3-].[CH3-].[K+]. The van der Waals surface area contributed by atoms with Crippen molar-refractivity contribution < 1.29 is 64.9 Å². The van der Waals surface area contributed by atoms with Crippen molar-refractivity contribution in [1.29, 1.82) is 0 Å². The van der Waals surface area contributed by atoms with Gasteiger partial charge in [0.1, 0.15) is 0 Å². The second-order valence-electron chi connectivity index (χ2n) is 2.03. The summed E-state index contributed by atoms with van der Waals surface area (Å²) in [5.74, 6) is 0.229. The Labute approximate surface area is 126 Å². The van der Waals surface area contributed by atoms with E-state index in [0.717, 1.165) is 0 Å². The molecular weight excluding hydrogens is 217 g/mol. The van der Waals surface area contributed by atoms with E-state index in [4.69, 9.17) is 0 Å². The van der Waals surface area contributed by atoms with Crippen LogP contribution in [0.2, 0.25) is 0 Å². The molecule has 6 heteroatoms. The van der Waals surface area contributed by atoms with Gasteiger partial charge in [0.15, 0.2) is 6.61 Å². The van der Waals surface area contributed by atoms with Crippen molar-refractivity contribution >= 4 is 0 Å². The van der Waals surface area contributed by atoms with Crippen molar-refractivity contribution in [1.82, 2.24) is 9.78 Å². The fraction of sp³-hybridized carbons (Fsp3) is 0.375. The van der Waals surface area contributed by atoms with Gasteiger partial charge in [-0.25, -0.2) is 8.78 Å². The number of halogens is 2. The first-order valence-corrected chi connectivity index (χ1v) is 3.09. The Kier molecular flexibility index (Phi) is 14.3. The van der Waals surface area contributed by atoms with Crippen molar-refractivity contribution in [3.05, 3.63) is 27.1 Å². The molecule has 1 rings (SSSR count). The molecule has 0 aliphatic carbocycles. The molecule has 0 aliphatic rings. The average molecular weight is 231 g/mol. The third-order valence-electron chi connectivity index (χ3n) is 1.05. The van der Waals surface area contributed by atoms with E-state index in [1.54, 1.807) is 13.2 Å². The van der Waals surface area contributed by atoms with Crippen LogP contribution in [0.25, 0.3) is 0 Å². The van der Waals surface area contributed by atoms with Gasteiger partial charge >= 0.3 is 51.4 Å². The molecule has 1 aromatic heterocycles. The van der Waals surface area contributed by atoms with E-state index in [2.05, 4.69) is 9.84 Å². The van der Waals surface area contributed by atoms with Gasteiger partial charge in [0, 0.05) is 19.3 Å². The van der Waals surface area contributed by atoms with Crippen LogP contribution < -0.4 is 56.1 Å². The number of nitrogens with zero attached hydrogens (tertiary/aromatic N) is 2. The molecule has 0 aromatic carbocycles. The Hall–Kier alpha value is 0.506. The van der Waals surface area contributed by atoms with Crippen LogP contribution in [0, 0.1) is 14.9 Å². The number of rotatable bonds is 3. The molecule has 14 heavy (non-hydrogen) atoms. The molecule has 1 heterocycles. The van der Waals surface area contributed by atoms with Gasteiger partial charge in [-0.05, 0) is 0 Å². The molecular formula is C8H14F2KN2O-. The first kappa shape index (κ1) is 20.0. The summed E-state index contributed by atoms with van der Waals surface area (Å²) in [4.78, 5) is 0. The summed E-state index contributed by atoms with van der Waals surface area (Å²) in [6.45, 7) is -0.600. The predicted octanol–water partition coefficient (Wildman–Crippen LogP) is -1.03. The van der Waals surface area contributed by atoms with Gasteiger partial charge in [-0.15, -0.1) is 5.10 Å². The van der Waals surface area contributed by atoms with E-state index in [1.165, 1.54) is 10.7 Å². The monoisotopic (exact) mass is 231 g/mol. The molecule has 3 nitrogen and oxygen atoms in total. The Morgan fingerprint density at radius 1 is 1.50 bits per heavy atom. The molecule has 0 amide bonds. The maximum atomic E-state index is 11.6. The zero-order valence-electron chi connectivity index (χ0n) is 9.00. The molecule has 0 N–H and O–H groups in total. The molecule has 0 fully saturated rings. The van der Waals surface area contributed by atoms with Crippen molar-refractivity contribution in [2.24, 2.45) is 7.05 Å². The molecule has 0 radical (unpaired) electrons. The van der Waals surface area contributed by atoms with E-state index in [-0.39, 0.29) is 72.1 Å². The van der Waals surface area contributed by atoms with Crippen LogP contribution in [-0.2, 0) is 7.05 Å². The van der Waals surface area contributed by atoms with Crippen LogP contribution in [0.15, 0.2) is 12.3 Å². The number of aryl methyl sites for hydroxylation is 1. The minimum atomic E-state index is -2.45.